The van der Waals surface area contributed by atoms with Crippen LogP contribution in [0.15, 0.2) is 28.7 Å². The van der Waals surface area contributed by atoms with Crippen LogP contribution >= 0.6 is 15.9 Å². The van der Waals surface area contributed by atoms with Gasteiger partial charge in [0.2, 0.25) is 0 Å². The first kappa shape index (κ1) is 14.0. The molecule has 0 saturated heterocycles. The third kappa shape index (κ3) is 4.38. The summed E-state index contributed by atoms with van der Waals surface area (Å²) in [6.07, 6.45) is 5.62. The number of hydrogen-bond donors (Lipinski definition) is 1. The molecule has 100 valence electrons. The summed E-state index contributed by atoms with van der Waals surface area (Å²) in [6, 6.07) is 9.33. The highest BCUT2D eigenvalue weighted by molar-refractivity contribution is 9.10. The van der Waals surface area contributed by atoms with Gasteiger partial charge in [-0.3, -0.25) is 0 Å². The SMILES string of the molecule is CN(CCNCc1cccc(Br)c1)C1CCCC1. The highest BCUT2D eigenvalue weighted by atomic mass is 79.9. The van der Waals surface area contributed by atoms with Crippen LogP contribution in [0.25, 0.3) is 0 Å². The van der Waals surface area contributed by atoms with E-state index in [9.17, 15) is 0 Å². The molecule has 1 saturated carbocycles. The molecule has 2 nitrogen and oxygen atoms in total. The lowest BCUT2D eigenvalue weighted by Gasteiger charge is -2.24. The summed E-state index contributed by atoms with van der Waals surface area (Å²) in [5.74, 6) is 0. The minimum Gasteiger partial charge on any atom is -0.311 e. The third-order valence-corrected chi connectivity index (χ3v) is 4.30. The molecule has 1 aromatic rings. The highest BCUT2D eigenvalue weighted by Gasteiger charge is 2.18. The maximum Gasteiger partial charge on any atom is 0.0206 e. The van der Waals surface area contributed by atoms with Gasteiger partial charge in [0.15, 0.2) is 0 Å². The molecular formula is C15H23BrN2. The average molecular weight is 311 g/mol. The average Bonchev–Trinajstić information content (AvgIpc) is 2.88. The van der Waals surface area contributed by atoms with Crippen molar-refractivity contribution in [2.45, 2.75) is 38.3 Å². The quantitative estimate of drug-likeness (QED) is 0.810. The van der Waals surface area contributed by atoms with Crippen molar-refractivity contribution in [2.24, 2.45) is 0 Å². The van der Waals surface area contributed by atoms with Gasteiger partial charge in [0, 0.05) is 30.1 Å². The summed E-state index contributed by atoms with van der Waals surface area (Å²) in [5, 5.41) is 3.52. The number of benzene rings is 1. The predicted molar refractivity (Wildman–Crippen MR) is 80.7 cm³/mol. The molecule has 0 aliphatic heterocycles. The van der Waals surface area contributed by atoms with Gasteiger partial charge in [-0.2, -0.15) is 0 Å². The molecule has 0 aromatic heterocycles. The lowest BCUT2D eigenvalue weighted by atomic mass is 10.2. The molecule has 1 aliphatic carbocycles. The molecular weight excluding hydrogens is 288 g/mol. The van der Waals surface area contributed by atoms with Crippen molar-refractivity contribution in [1.29, 1.82) is 0 Å². The van der Waals surface area contributed by atoms with Crippen molar-refractivity contribution in [2.75, 3.05) is 20.1 Å². The summed E-state index contributed by atoms with van der Waals surface area (Å²) in [6.45, 7) is 3.18. The maximum absolute atomic E-state index is 3.52. The van der Waals surface area contributed by atoms with E-state index in [1.54, 1.807) is 0 Å². The van der Waals surface area contributed by atoms with Crippen molar-refractivity contribution >= 4 is 15.9 Å². The Bertz CT molecular complexity index is 361. The first-order chi connectivity index (χ1) is 8.75. The van der Waals surface area contributed by atoms with E-state index in [0.29, 0.717) is 0 Å². The van der Waals surface area contributed by atoms with Crippen molar-refractivity contribution in [3.8, 4) is 0 Å². The van der Waals surface area contributed by atoms with E-state index in [1.807, 2.05) is 0 Å². The van der Waals surface area contributed by atoms with Crippen LogP contribution in [0.4, 0.5) is 0 Å². The van der Waals surface area contributed by atoms with Crippen LogP contribution < -0.4 is 5.32 Å². The number of nitrogens with one attached hydrogen (secondary N) is 1. The maximum atomic E-state index is 3.52. The minimum absolute atomic E-state index is 0.831. The van der Waals surface area contributed by atoms with Crippen LogP contribution in [0.5, 0.6) is 0 Å². The molecule has 0 spiro atoms. The Labute approximate surface area is 119 Å². The van der Waals surface area contributed by atoms with Crippen LogP contribution in [0, 0.1) is 0 Å². The van der Waals surface area contributed by atoms with E-state index >= 15 is 0 Å². The first-order valence-electron chi connectivity index (χ1n) is 6.91. The standard InChI is InChI=1S/C15H23BrN2/c1-18(15-7-2-3-8-15)10-9-17-12-13-5-4-6-14(16)11-13/h4-6,11,15,17H,2-3,7-10,12H2,1H3. The molecule has 1 N–H and O–H groups in total. The van der Waals surface area contributed by atoms with Crippen LogP contribution in [0.3, 0.4) is 0 Å². The Hall–Kier alpha value is -0.380. The summed E-state index contributed by atoms with van der Waals surface area (Å²) in [7, 11) is 2.26. The molecule has 0 radical (unpaired) electrons. The first-order valence-corrected chi connectivity index (χ1v) is 7.70. The number of halogens is 1. The summed E-state index contributed by atoms with van der Waals surface area (Å²) in [4.78, 5) is 2.51. The van der Waals surface area contributed by atoms with Crippen LogP contribution in [0.1, 0.15) is 31.2 Å². The zero-order valence-electron chi connectivity index (χ0n) is 11.2. The zero-order valence-corrected chi connectivity index (χ0v) is 12.7. The van der Waals surface area contributed by atoms with E-state index in [2.05, 4.69) is 57.5 Å². The Kier molecular flexibility index (Phi) is 5.67. The van der Waals surface area contributed by atoms with Gasteiger partial charge < -0.3 is 10.2 Å². The minimum atomic E-state index is 0.831. The van der Waals surface area contributed by atoms with E-state index in [1.165, 1.54) is 31.2 Å². The molecule has 3 heteroatoms. The number of likely N-dealkylation sites (N-methyl/N-ethyl adjacent to an activating group) is 1. The molecule has 0 atom stereocenters. The van der Waals surface area contributed by atoms with Crippen LogP contribution in [0.2, 0.25) is 0 Å². The van der Waals surface area contributed by atoms with E-state index in [-0.39, 0.29) is 0 Å². The highest BCUT2D eigenvalue weighted by Crippen LogP contribution is 2.21. The molecule has 0 unspecified atom stereocenters. The summed E-state index contributed by atoms with van der Waals surface area (Å²) >= 11 is 3.50. The van der Waals surface area contributed by atoms with Gasteiger partial charge in [-0.25, -0.2) is 0 Å². The summed E-state index contributed by atoms with van der Waals surface area (Å²) < 4.78 is 1.16. The van der Waals surface area contributed by atoms with Crippen LogP contribution in [-0.4, -0.2) is 31.1 Å². The third-order valence-electron chi connectivity index (χ3n) is 3.81. The second-order valence-corrected chi connectivity index (χ2v) is 6.14. The fourth-order valence-corrected chi connectivity index (χ4v) is 3.11. The fourth-order valence-electron chi connectivity index (χ4n) is 2.66. The Morgan fingerprint density at radius 3 is 2.83 bits per heavy atom. The van der Waals surface area contributed by atoms with Gasteiger partial charge in [-0.15, -0.1) is 0 Å². The molecule has 1 aromatic carbocycles. The van der Waals surface area contributed by atoms with E-state index in [0.717, 1.165) is 30.1 Å². The molecule has 18 heavy (non-hydrogen) atoms. The number of hydrogen-bond acceptors (Lipinski definition) is 2. The van der Waals surface area contributed by atoms with Gasteiger partial charge in [0.1, 0.15) is 0 Å². The van der Waals surface area contributed by atoms with Crippen LogP contribution in [-0.2, 0) is 6.54 Å². The van der Waals surface area contributed by atoms with Crippen molar-refractivity contribution in [3.63, 3.8) is 0 Å². The molecule has 0 heterocycles. The Morgan fingerprint density at radius 1 is 1.33 bits per heavy atom. The monoisotopic (exact) mass is 310 g/mol. The van der Waals surface area contributed by atoms with E-state index in [4.69, 9.17) is 0 Å². The van der Waals surface area contributed by atoms with E-state index < -0.39 is 0 Å². The predicted octanol–water partition coefficient (Wildman–Crippen LogP) is 3.41. The fraction of sp³-hybridized carbons (Fsp3) is 0.600. The second-order valence-electron chi connectivity index (χ2n) is 5.23. The van der Waals surface area contributed by atoms with Gasteiger partial charge in [0.05, 0.1) is 0 Å². The van der Waals surface area contributed by atoms with Gasteiger partial charge in [0.25, 0.3) is 0 Å². The van der Waals surface area contributed by atoms with Crippen molar-refractivity contribution in [3.05, 3.63) is 34.3 Å². The molecule has 0 bridgehead atoms. The van der Waals surface area contributed by atoms with Crippen molar-refractivity contribution < 1.29 is 0 Å². The van der Waals surface area contributed by atoms with Gasteiger partial charge in [-0.1, -0.05) is 40.9 Å². The van der Waals surface area contributed by atoms with Gasteiger partial charge >= 0.3 is 0 Å². The Balaban J connectivity index is 1.63. The smallest absolute Gasteiger partial charge is 0.0206 e. The lowest BCUT2D eigenvalue weighted by Crippen LogP contribution is -2.35. The molecule has 1 fully saturated rings. The Morgan fingerprint density at radius 2 is 2.11 bits per heavy atom. The molecule has 2 rings (SSSR count). The topological polar surface area (TPSA) is 15.3 Å². The van der Waals surface area contributed by atoms with Gasteiger partial charge in [-0.05, 0) is 37.6 Å². The zero-order chi connectivity index (χ0) is 12.8. The lowest BCUT2D eigenvalue weighted by molar-refractivity contribution is 0.245. The van der Waals surface area contributed by atoms with Crippen molar-refractivity contribution in [1.82, 2.24) is 10.2 Å². The molecule has 1 aliphatic rings. The second kappa shape index (κ2) is 7.27. The largest absolute Gasteiger partial charge is 0.311 e. The number of nitrogens with zero attached hydrogens (tertiary/aromatic N) is 1. The summed E-state index contributed by atoms with van der Waals surface area (Å²) in [5.41, 5.74) is 1.34. The number of rotatable bonds is 6. The normalized spacial score (nSPS) is 16.6. The molecule has 0 amide bonds.